The molecule has 2 aromatic heterocycles. The topological polar surface area (TPSA) is 51.1 Å². The summed E-state index contributed by atoms with van der Waals surface area (Å²) in [5, 5.41) is 0. The van der Waals surface area contributed by atoms with Gasteiger partial charge < -0.3 is 9.64 Å². The minimum absolute atomic E-state index is 0.665. The Morgan fingerprint density at radius 1 is 1.20 bits per heavy atom. The molecule has 1 fully saturated rings. The van der Waals surface area contributed by atoms with Crippen LogP contribution in [0.3, 0.4) is 0 Å². The van der Waals surface area contributed by atoms with Gasteiger partial charge in [0.05, 0.1) is 23.8 Å². The maximum Gasteiger partial charge on any atom is 0.147 e. The summed E-state index contributed by atoms with van der Waals surface area (Å²) in [5.74, 6) is 1.58. The number of aromatic nitrogens is 3. The van der Waals surface area contributed by atoms with Gasteiger partial charge in [0, 0.05) is 45.0 Å². The molecule has 5 heteroatoms. The maximum absolute atomic E-state index is 5.45. The molecule has 25 heavy (non-hydrogen) atoms. The fourth-order valence-corrected chi connectivity index (χ4v) is 3.59. The van der Waals surface area contributed by atoms with Crippen molar-refractivity contribution in [3.05, 3.63) is 42.0 Å². The van der Waals surface area contributed by atoms with Crippen molar-refractivity contribution in [3.63, 3.8) is 0 Å². The molecule has 0 bridgehead atoms. The van der Waals surface area contributed by atoms with Crippen LogP contribution in [0.5, 0.6) is 0 Å². The van der Waals surface area contributed by atoms with E-state index in [0.29, 0.717) is 5.92 Å². The van der Waals surface area contributed by atoms with E-state index in [4.69, 9.17) is 9.72 Å². The third kappa shape index (κ3) is 3.42. The Bertz CT molecular complexity index is 796. The van der Waals surface area contributed by atoms with Gasteiger partial charge in [-0.05, 0) is 42.9 Å². The molecular formula is C20H24N4O. The van der Waals surface area contributed by atoms with E-state index in [9.17, 15) is 0 Å². The highest BCUT2D eigenvalue weighted by molar-refractivity contribution is 5.74. The van der Waals surface area contributed by atoms with Crippen LogP contribution in [0.25, 0.3) is 16.8 Å². The predicted octanol–water partition coefficient (Wildman–Crippen LogP) is 3.36. The molecule has 1 aliphatic carbocycles. The summed E-state index contributed by atoms with van der Waals surface area (Å²) in [6, 6.07) is 2.19. The van der Waals surface area contributed by atoms with Crippen molar-refractivity contribution < 1.29 is 4.74 Å². The normalized spacial score (nSPS) is 17.3. The number of fused-ring (bicyclic) bond motifs is 1. The first-order valence-corrected chi connectivity index (χ1v) is 8.98. The van der Waals surface area contributed by atoms with Crippen molar-refractivity contribution in [1.82, 2.24) is 15.0 Å². The Morgan fingerprint density at radius 2 is 2.04 bits per heavy atom. The highest BCUT2D eigenvalue weighted by atomic mass is 16.5. The Balaban J connectivity index is 1.55. The lowest BCUT2D eigenvalue weighted by atomic mass is 10.00. The second kappa shape index (κ2) is 6.92. The summed E-state index contributed by atoms with van der Waals surface area (Å²) >= 11 is 0. The molecule has 0 spiro atoms. The molecular weight excluding hydrogens is 312 g/mol. The number of ether oxygens (including phenoxy) is 1. The lowest BCUT2D eigenvalue weighted by molar-refractivity contribution is 0.0685. The van der Waals surface area contributed by atoms with Crippen molar-refractivity contribution in [2.24, 2.45) is 5.92 Å². The van der Waals surface area contributed by atoms with Crippen LogP contribution in [0, 0.1) is 5.92 Å². The predicted molar refractivity (Wildman–Crippen MR) is 99.4 cm³/mol. The van der Waals surface area contributed by atoms with Crippen LogP contribution < -0.4 is 4.90 Å². The van der Waals surface area contributed by atoms with Crippen molar-refractivity contribution in [1.29, 1.82) is 0 Å². The zero-order valence-corrected chi connectivity index (χ0v) is 14.9. The number of allylic oxidation sites excluding steroid dienone is 2. The zero-order valence-electron chi connectivity index (χ0n) is 14.9. The van der Waals surface area contributed by atoms with E-state index >= 15 is 0 Å². The first-order chi connectivity index (χ1) is 12.2. The molecule has 0 unspecified atom stereocenters. The van der Waals surface area contributed by atoms with Crippen LogP contribution in [0.2, 0.25) is 0 Å². The molecule has 130 valence electrons. The molecule has 0 aromatic carbocycles. The van der Waals surface area contributed by atoms with Crippen LogP contribution >= 0.6 is 0 Å². The number of rotatable bonds is 4. The largest absolute Gasteiger partial charge is 0.381 e. The highest BCUT2D eigenvalue weighted by Gasteiger charge is 2.18. The van der Waals surface area contributed by atoms with Gasteiger partial charge in [0.25, 0.3) is 0 Å². The SMILES string of the molecule is CC1=CCc2ncc(-c3cncc(N(C)CC4CCOCC4)n3)cc21. The van der Waals surface area contributed by atoms with E-state index < -0.39 is 0 Å². The van der Waals surface area contributed by atoms with Gasteiger partial charge in [-0.1, -0.05) is 6.08 Å². The van der Waals surface area contributed by atoms with Gasteiger partial charge in [-0.25, -0.2) is 4.98 Å². The zero-order chi connectivity index (χ0) is 17.2. The quantitative estimate of drug-likeness (QED) is 0.857. The molecule has 0 radical (unpaired) electrons. The fourth-order valence-electron chi connectivity index (χ4n) is 3.59. The van der Waals surface area contributed by atoms with Crippen LogP contribution in [-0.2, 0) is 11.2 Å². The van der Waals surface area contributed by atoms with E-state index in [1.165, 1.54) is 11.1 Å². The summed E-state index contributed by atoms with van der Waals surface area (Å²) in [6.45, 7) is 4.88. The number of hydrogen-bond donors (Lipinski definition) is 0. The molecule has 4 rings (SSSR count). The molecule has 2 aromatic rings. The van der Waals surface area contributed by atoms with Crippen LogP contribution in [-0.4, -0.2) is 41.8 Å². The van der Waals surface area contributed by atoms with Gasteiger partial charge in [-0.3, -0.25) is 9.97 Å². The molecule has 0 N–H and O–H groups in total. The lowest BCUT2D eigenvalue weighted by Gasteiger charge is -2.27. The van der Waals surface area contributed by atoms with Crippen molar-refractivity contribution in [2.75, 3.05) is 31.7 Å². The van der Waals surface area contributed by atoms with Crippen LogP contribution in [0.1, 0.15) is 31.0 Å². The maximum atomic E-state index is 5.45. The second-order valence-electron chi connectivity index (χ2n) is 7.01. The number of nitrogens with zero attached hydrogens (tertiary/aromatic N) is 4. The Kier molecular flexibility index (Phi) is 4.49. The minimum atomic E-state index is 0.665. The van der Waals surface area contributed by atoms with Crippen molar-refractivity contribution in [3.8, 4) is 11.3 Å². The molecule has 5 nitrogen and oxygen atoms in total. The van der Waals surface area contributed by atoms with Gasteiger partial charge >= 0.3 is 0 Å². The minimum Gasteiger partial charge on any atom is -0.381 e. The van der Waals surface area contributed by atoms with E-state index in [-0.39, 0.29) is 0 Å². The van der Waals surface area contributed by atoms with Gasteiger partial charge in [0.2, 0.25) is 0 Å². The standard InChI is InChI=1S/C20H24N4O/c1-14-3-4-18-17(14)9-16(10-22-18)19-11-21-12-20(23-19)24(2)13-15-5-7-25-8-6-15/h3,9-12,15H,4-8,13H2,1-2H3. The summed E-state index contributed by atoms with van der Waals surface area (Å²) in [5.41, 5.74) is 5.60. The fraction of sp³-hybridized carbons (Fsp3) is 0.450. The Morgan fingerprint density at radius 3 is 2.88 bits per heavy atom. The average Bonchev–Trinajstić information content (AvgIpc) is 3.03. The molecule has 0 saturated carbocycles. The molecule has 0 amide bonds. The van der Waals surface area contributed by atoms with Crippen molar-refractivity contribution in [2.45, 2.75) is 26.2 Å². The van der Waals surface area contributed by atoms with Crippen LogP contribution in [0.4, 0.5) is 5.82 Å². The lowest BCUT2D eigenvalue weighted by Crippen LogP contribution is -2.30. The number of hydrogen-bond acceptors (Lipinski definition) is 5. The second-order valence-corrected chi connectivity index (χ2v) is 7.01. The Hall–Kier alpha value is -2.27. The van der Waals surface area contributed by atoms with Gasteiger partial charge in [0.15, 0.2) is 0 Å². The average molecular weight is 336 g/mol. The summed E-state index contributed by atoms with van der Waals surface area (Å²) in [4.78, 5) is 16.1. The van der Waals surface area contributed by atoms with Gasteiger partial charge in [-0.2, -0.15) is 0 Å². The Labute approximate surface area is 148 Å². The summed E-state index contributed by atoms with van der Waals surface area (Å²) < 4.78 is 5.45. The molecule has 1 saturated heterocycles. The molecule has 2 aliphatic rings. The number of pyridine rings is 1. The van der Waals surface area contributed by atoms with E-state index in [1.807, 2.05) is 18.6 Å². The highest BCUT2D eigenvalue weighted by Crippen LogP contribution is 2.29. The van der Waals surface area contributed by atoms with Crippen molar-refractivity contribution >= 4 is 11.4 Å². The van der Waals surface area contributed by atoms with Crippen LogP contribution in [0.15, 0.2) is 30.7 Å². The number of anilines is 1. The van der Waals surface area contributed by atoms with E-state index in [1.54, 1.807) is 0 Å². The van der Waals surface area contributed by atoms with Gasteiger partial charge in [-0.15, -0.1) is 0 Å². The third-order valence-electron chi connectivity index (χ3n) is 5.18. The smallest absolute Gasteiger partial charge is 0.147 e. The van der Waals surface area contributed by atoms with E-state index in [0.717, 1.165) is 61.8 Å². The van der Waals surface area contributed by atoms with E-state index in [2.05, 4.69) is 41.0 Å². The molecule has 0 atom stereocenters. The van der Waals surface area contributed by atoms with Gasteiger partial charge in [0.1, 0.15) is 5.82 Å². The molecule has 1 aliphatic heterocycles. The summed E-state index contributed by atoms with van der Waals surface area (Å²) in [7, 11) is 2.09. The first kappa shape index (κ1) is 16.2. The third-order valence-corrected chi connectivity index (χ3v) is 5.18. The first-order valence-electron chi connectivity index (χ1n) is 8.98. The summed E-state index contributed by atoms with van der Waals surface area (Å²) in [6.07, 6.45) is 11.0. The monoisotopic (exact) mass is 336 g/mol. The molecule has 3 heterocycles.